The predicted octanol–water partition coefficient (Wildman–Crippen LogP) is 3.76. The quantitative estimate of drug-likeness (QED) is 0.628. The van der Waals surface area contributed by atoms with Crippen molar-refractivity contribution in [1.82, 2.24) is 4.90 Å². The van der Waals surface area contributed by atoms with E-state index >= 15 is 0 Å². The molecule has 1 rings (SSSR count). The maximum atomic E-state index is 12.0. The van der Waals surface area contributed by atoms with Crippen LogP contribution in [0.1, 0.15) is 72.1 Å². The van der Waals surface area contributed by atoms with E-state index in [2.05, 4.69) is 18.7 Å². The van der Waals surface area contributed by atoms with E-state index in [0.29, 0.717) is 13.0 Å². The molecular weight excluding hydrogens is 238 g/mol. The fourth-order valence-corrected chi connectivity index (χ4v) is 3.24. The third-order valence-electron chi connectivity index (χ3n) is 4.46. The second kappa shape index (κ2) is 8.57. The Morgan fingerprint density at radius 2 is 1.84 bits per heavy atom. The molecule has 0 aliphatic carbocycles. The van der Waals surface area contributed by atoms with Gasteiger partial charge in [-0.3, -0.25) is 9.69 Å². The Morgan fingerprint density at radius 1 is 1.16 bits per heavy atom. The molecule has 3 nitrogen and oxygen atoms in total. The summed E-state index contributed by atoms with van der Waals surface area (Å²) in [5, 5.41) is 0. The van der Waals surface area contributed by atoms with Crippen LogP contribution in [0, 0.1) is 0 Å². The van der Waals surface area contributed by atoms with Gasteiger partial charge in [-0.1, -0.05) is 33.1 Å². The first-order chi connectivity index (χ1) is 9.18. The molecule has 0 bridgehead atoms. The van der Waals surface area contributed by atoms with E-state index in [9.17, 15) is 4.79 Å². The largest absolute Gasteiger partial charge is 0.466 e. The van der Waals surface area contributed by atoms with Crippen LogP contribution in [0.5, 0.6) is 0 Å². The zero-order valence-electron chi connectivity index (χ0n) is 13.0. The third-order valence-corrected chi connectivity index (χ3v) is 4.46. The summed E-state index contributed by atoms with van der Waals surface area (Å²) in [6.07, 6.45) is 9.01. The number of ether oxygens (including phenoxy) is 1. The van der Waals surface area contributed by atoms with Gasteiger partial charge in [-0.15, -0.1) is 0 Å². The number of hydrogen-bond acceptors (Lipinski definition) is 3. The Bertz CT molecular complexity index is 261. The highest BCUT2D eigenvalue weighted by Crippen LogP contribution is 2.33. The lowest BCUT2D eigenvalue weighted by molar-refractivity contribution is -0.147. The van der Waals surface area contributed by atoms with Crippen LogP contribution in [0.4, 0.5) is 0 Å². The monoisotopic (exact) mass is 269 g/mol. The predicted molar refractivity (Wildman–Crippen MR) is 79.2 cm³/mol. The highest BCUT2D eigenvalue weighted by atomic mass is 16.5. The molecule has 1 unspecified atom stereocenters. The van der Waals surface area contributed by atoms with Gasteiger partial charge in [0.15, 0.2) is 0 Å². The summed E-state index contributed by atoms with van der Waals surface area (Å²) in [7, 11) is 0. The number of carbonyl (C=O) groups excluding carboxylic acids is 1. The fourth-order valence-electron chi connectivity index (χ4n) is 3.24. The summed E-state index contributed by atoms with van der Waals surface area (Å²) >= 11 is 0. The molecule has 1 fully saturated rings. The molecule has 0 radical (unpaired) electrons. The Morgan fingerprint density at radius 3 is 2.37 bits per heavy atom. The first-order valence-corrected chi connectivity index (χ1v) is 8.09. The highest BCUT2D eigenvalue weighted by Gasteiger charge is 2.37. The molecule has 19 heavy (non-hydrogen) atoms. The summed E-state index contributed by atoms with van der Waals surface area (Å²) in [6, 6.07) is 0. The van der Waals surface area contributed by atoms with Gasteiger partial charge in [0, 0.05) is 5.54 Å². The minimum Gasteiger partial charge on any atom is -0.466 e. The Kier molecular flexibility index (Phi) is 7.44. The molecule has 3 heteroatoms. The molecule has 0 amide bonds. The second-order valence-electron chi connectivity index (χ2n) is 5.71. The van der Waals surface area contributed by atoms with E-state index < -0.39 is 0 Å². The summed E-state index contributed by atoms with van der Waals surface area (Å²) in [6.45, 7) is 9.13. The van der Waals surface area contributed by atoms with Crippen LogP contribution in [0.15, 0.2) is 0 Å². The maximum Gasteiger partial charge on any atom is 0.307 e. The van der Waals surface area contributed by atoms with Crippen molar-refractivity contribution in [2.75, 3.05) is 19.7 Å². The SMILES string of the molecule is CCCCC(CC)(CC(=O)OCC)N1CCCCC1. The zero-order valence-corrected chi connectivity index (χ0v) is 13.0. The number of unbranched alkanes of at least 4 members (excludes halogenated alkanes) is 1. The second-order valence-corrected chi connectivity index (χ2v) is 5.71. The van der Waals surface area contributed by atoms with Gasteiger partial charge in [0.2, 0.25) is 0 Å². The molecule has 0 N–H and O–H groups in total. The van der Waals surface area contributed by atoms with E-state index in [4.69, 9.17) is 4.74 Å². The maximum absolute atomic E-state index is 12.0. The van der Waals surface area contributed by atoms with E-state index in [1.165, 1.54) is 32.1 Å². The van der Waals surface area contributed by atoms with Crippen LogP contribution in [0.2, 0.25) is 0 Å². The summed E-state index contributed by atoms with van der Waals surface area (Å²) in [5.41, 5.74) is 0.0443. The summed E-state index contributed by atoms with van der Waals surface area (Å²) in [5.74, 6) is -0.0222. The third kappa shape index (κ3) is 4.79. The molecule has 1 atom stereocenters. The Labute approximate surface area is 118 Å². The molecule has 0 aromatic rings. The van der Waals surface area contributed by atoms with Crippen molar-refractivity contribution in [3.05, 3.63) is 0 Å². The standard InChI is InChI=1S/C16H31NO2/c1-4-7-11-16(5-2,14-15(18)19-6-3)17-12-9-8-10-13-17/h4-14H2,1-3H3. The van der Waals surface area contributed by atoms with Crippen LogP contribution in [0.25, 0.3) is 0 Å². The number of esters is 1. The number of rotatable bonds is 8. The molecule has 1 aliphatic heterocycles. The van der Waals surface area contributed by atoms with E-state index in [1.807, 2.05) is 6.92 Å². The van der Waals surface area contributed by atoms with Crippen LogP contribution >= 0.6 is 0 Å². The van der Waals surface area contributed by atoms with Gasteiger partial charge in [-0.05, 0) is 45.7 Å². The van der Waals surface area contributed by atoms with Gasteiger partial charge in [0.25, 0.3) is 0 Å². The minimum atomic E-state index is -0.0222. The van der Waals surface area contributed by atoms with Crippen molar-refractivity contribution in [3.63, 3.8) is 0 Å². The van der Waals surface area contributed by atoms with E-state index in [-0.39, 0.29) is 11.5 Å². The van der Waals surface area contributed by atoms with Gasteiger partial charge in [0.05, 0.1) is 13.0 Å². The topological polar surface area (TPSA) is 29.5 Å². The fraction of sp³-hybridized carbons (Fsp3) is 0.938. The number of nitrogens with zero attached hydrogens (tertiary/aromatic N) is 1. The molecule has 0 saturated carbocycles. The van der Waals surface area contributed by atoms with E-state index in [0.717, 1.165) is 25.9 Å². The highest BCUT2D eigenvalue weighted by molar-refractivity contribution is 5.70. The number of hydrogen-bond donors (Lipinski definition) is 0. The van der Waals surface area contributed by atoms with Crippen LogP contribution in [-0.2, 0) is 9.53 Å². The zero-order chi connectivity index (χ0) is 14.1. The smallest absolute Gasteiger partial charge is 0.307 e. The average molecular weight is 269 g/mol. The first-order valence-electron chi connectivity index (χ1n) is 8.09. The molecule has 112 valence electrons. The normalized spacial score (nSPS) is 19.9. The van der Waals surface area contributed by atoms with Crippen molar-refractivity contribution in [1.29, 1.82) is 0 Å². The summed E-state index contributed by atoms with van der Waals surface area (Å²) in [4.78, 5) is 14.5. The molecule has 1 aliphatic rings. The van der Waals surface area contributed by atoms with Crippen LogP contribution in [-0.4, -0.2) is 36.1 Å². The molecule has 1 saturated heterocycles. The lowest BCUT2D eigenvalue weighted by Crippen LogP contribution is -2.52. The van der Waals surface area contributed by atoms with Crippen LogP contribution in [0.3, 0.4) is 0 Å². The van der Waals surface area contributed by atoms with Gasteiger partial charge in [-0.2, -0.15) is 0 Å². The van der Waals surface area contributed by atoms with Crippen molar-refractivity contribution < 1.29 is 9.53 Å². The Balaban J connectivity index is 2.75. The first kappa shape index (κ1) is 16.5. The van der Waals surface area contributed by atoms with Crippen LogP contribution < -0.4 is 0 Å². The number of piperidine rings is 1. The lowest BCUT2D eigenvalue weighted by atomic mass is 9.83. The van der Waals surface area contributed by atoms with Gasteiger partial charge in [0.1, 0.15) is 0 Å². The van der Waals surface area contributed by atoms with Gasteiger partial charge < -0.3 is 4.74 Å². The van der Waals surface area contributed by atoms with Crippen molar-refractivity contribution >= 4 is 5.97 Å². The number of likely N-dealkylation sites (tertiary alicyclic amines) is 1. The molecule has 1 heterocycles. The van der Waals surface area contributed by atoms with Crippen molar-refractivity contribution in [3.8, 4) is 0 Å². The van der Waals surface area contributed by atoms with Gasteiger partial charge in [-0.25, -0.2) is 0 Å². The minimum absolute atomic E-state index is 0.0222. The molecule has 0 aromatic carbocycles. The lowest BCUT2D eigenvalue weighted by Gasteiger charge is -2.45. The Hall–Kier alpha value is -0.570. The van der Waals surface area contributed by atoms with Crippen molar-refractivity contribution in [2.45, 2.75) is 77.7 Å². The number of carbonyl (C=O) groups is 1. The molecule has 0 aromatic heterocycles. The van der Waals surface area contributed by atoms with E-state index in [1.54, 1.807) is 0 Å². The van der Waals surface area contributed by atoms with Crippen molar-refractivity contribution in [2.24, 2.45) is 0 Å². The molecule has 0 spiro atoms. The summed E-state index contributed by atoms with van der Waals surface area (Å²) < 4.78 is 5.20. The average Bonchev–Trinajstić information content (AvgIpc) is 2.45. The van der Waals surface area contributed by atoms with Gasteiger partial charge >= 0.3 is 5.97 Å². The molecular formula is C16H31NO2.